The van der Waals surface area contributed by atoms with E-state index in [1.54, 1.807) is 0 Å². The van der Waals surface area contributed by atoms with Gasteiger partial charge in [-0.05, 0) is 62.5 Å². The van der Waals surface area contributed by atoms with Gasteiger partial charge in [-0.3, -0.25) is 0 Å². The molecule has 0 spiro atoms. The van der Waals surface area contributed by atoms with Gasteiger partial charge in [-0.1, -0.05) is 48.5 Å². The van der Waals surface area contributed by atoms with Crippen LogP contribution >= 0.6 is 0 Å². The standard InChI is InChI=1S/C24H23BO3/c1-23(2)24(3,4)28-25(27-23)19-11-8-12-21-22(19)18-15-17(13-14-20(18)26-21)16-9-6-5-7-10-16/h5-15H,1-4H3. The lowest BCUT2D eigenvalue weighted by Crippen LogP contribution is -2.41. The summed E-state index contributed by atoms with van der Waals surface area (Å²) in [6.07, 6.45) is 0. The number of hydrogen-bond acceptors (Lipinski definition) is 3. The van der Waals surface area contributed by atoms with Crippen LogP contribution in [0, 0.1) is 0 Å². The van der Waals surface area contributed by atoms with Crippen LogP contribution < -0.4 is 5.46 Å². The van der Waals surface area contributed by atoms with E-state index in [2.05, 4.69) is 70.2 Å². The zero-order chi connectivity index (χ0) is 19.5. The van der Waals surface area contributed by atoms with Crippen molar-refractivity contribution in [2.45, 2.75) is 38.9 Å². The maximum absolute atomic E-state index is 6.33. The monoisotopic (exact) mass is 370 g/mol. The van der Waals surface area contributed by atoms with Crippen LogP contribution in [0.3, 0.4) is 0 Å². The molecule has 1 aliphatic rings. The van der Waals surface area contributed by atoms with Crippen LogP contribution in [0.1, 0.15) is 27.7 Å². The predicted octanol–water partition coefficient (Wildman–Crippen LogP) is 5.55. The van der Waals surface area contributed by atoms with Gasteiger partial charge in [0, 0.05) is 10.8 Å². The molecule has 0 N–H and O–H groups in total. The van der Waals surface area contributed by atoms with Crippen molar-refractivity contribution in [1.82, 2.24) is 0 Å². The van der Waals surface area contributed by atoms with Gasteiger partial charge < -0.3 is 13.7 Å². The van der Waals surface area contributed by atoms with Gasteiger partial charge >= 0.3 is 7.12 Å². The first-order valence-corrected chi connectivity index (χ1v) is 9.72. The summed E-state index contributed by atoms with van der Waals surface area (Å²) in [7, 11) is -0.421. The minimum atomic E-state index is -0.421. The zero-order valence-corrected chi connectivity index (χ0v) is 16.7. The number of rotatable bonds is 2. The van der Waals surface area contributed by atoms with E-state index >= 15 is 0 Å². The molecule has 0 saturated carbocycles. The lowest BCUT2D eigenvalue weighted by molar-refractivity contribution is 0.00578. The van der Waals surface area contributed by atoms with Gasteiger partial charge in [0.15, 0.2) is 0 Å². The quantitative estimate of drug-likeness (QED) is 0.434. The zero-order valence-electron chi connectivity index (χ0n) is 16.7. The van der Waals surface area contributed by atoms with E-state index in [0.717, 1.165) is 27.4 Å². The lowest BCUT2D eigenvalue weighted by Gasteiger charge is -2.32. The van der Waals surface area contributed by atoms with E-state index < -0.39 is 7.12 Å². The Hall–Kier alpha value is -2.56. The van der Waals surface area contributed by atoms with Gasteiger partial charge in [0.1, 0.15) is 11.2 Å². The minimum absolute atomic E-state index is 0.380. The molecule has 140 valence electrons. The molecule has 0 radical (unpaired) electrons. The highest BCUT2D eigenvalue weighted by Gasteiger charge is 2.52. The number of furan rings is 1. The molecule has 0 bridgehead atoms. The molecule has 1 fully saturated rings. The van der Waals surface area contributed by atoms with E-state index in [9.17, 15) is 0 Å². The molecule has 3 nitrogen and oxygen atoms in total. The van der Waals surface area contributed by atoms with Gasteiger partial charge in [0.25, 0.3) is 0 Å². The molecule has 1 aromatic heterocycles. The summed E-state index contributed by atoms with van der Waals surface area (Å²) in [6.45, 7) is 8.31. The third-order valence-electron chi connectivity index (χ3n) is 6.14. The molecule has 0 unspecified atom stereocenters. The van der Waals surface area contributed by atoms with E-state index in [1.165, 1.54) is 11.1 Å². The average molecular weight is 370 g/mol. The molecule has 2 heterocycles. The van der Waals surface area contributed by atoms with Crippen molar-refractivity contribution in [3.05, 3.63) is 66.7 Å². The average Bonchev–Trinajstić information content (AvgIpc) is 3.15. The number of fused-ring (bicyclic) bond motifs is 3. The molecule has 0 atom stereocenters. The summed E-state index contributed by atoms with van der Waals surface area (Å²) < 4.78 is 18.8. The maximum Gasteiger partial charge on any atom is 0.495 e. The first-order chi connectivity index (χ1) is 13.4. The van der Waals surface area contributed by atoms with Gasteiger partial charge in [-0.25, -0.2) is 0 Å². The van der Waals surface area contributed by atoms with Crippen molar-refractivity contribution in [3.63, 3.8) is 0 Å². The molecule has 0 aliphatic carbocycles. The highest BCUT2D eigenvalue weighted by atomic mass is 16.7. The third kappa shape index (κ3) is 2.60. The Bertz CT molecular complexity index is 1160. The fourth-order valence-electron chi connectivity index (χ4n) is 3.83. The molecule has 4 heteroatoms. The van der Waals surface area contributed by atoms with Gasteiger partial charge in [0.05, 0.1) is 11.2 Å². The molecular weight excluding hydrogens is 347 g/mol. The fourth-order valence-corrected chi connectivity index (χ4v) is 3.83. The fraction of sp³-hybridized carbons (Fsp3) is 0.250. The van der Waals surface area contributed by atoms with Crippen LogP contribution in [0.25, 0.3) is 33.1 Å². The van der Waals surface area contributed by atoms with E-state index in [1.807, 2.05) is 24.3 Å². The summed E-state index contributed by atoms with van der Waals surface area (Å²) >= 11 is 0. The van der Waals surface area contributed by atoms with Crippen molar-refractivity contribution in [1.29, 1.82) is 0 Å². The Morgan fingerprint density at radius 3 is 2.11 bits per heavy atom. The Morgan fingerprint density at radius 2 is 1.39 bits per heavy atom. The smallest absolute Gasteiger partial charge is 0.456 e. The Balaban J connectivity index is 1.71. The summed E-state index contributed by atoms with van der Waals surface area (Å²) in [5.74, 6) is 0. The van der Waals surface area contributed by atoms with Crippen molar-refractivity contribution < 1.29 is 13.7 Å². The molecule has 1 saturated heterocycles. The molecule has 28 heavy (non-hydrogen) atoms. The third-order valence-corrected chi connectivity index (χ3v) is 6.14. The van der Waals surface area contributed by atoms with Crippen LogP contribution in [0.2, 0.25) is 0 Å². The number of benzene rings is 3. The lowest BCUT2D eigenvalue weighted by atomic mass is 9.76. The Morgan fingerprint density at radius 1 is 0.679 bits per heavy atom. The Kier molecular flexibility index (Phi) is 3.74. The van der Waals surface area contributed by atoms with Crippen LogP contribution in [-0.2, 0) is 9.31 Å². The van der Waals surface area contributed by atoms with Crippen LogP contribution in [0.5, 0.6) is 0 Å². The molecule has 3 aromatic carbocycles. The molecule has 4 aromatic rings. The van der Waals surface area contributed by atoms with Crippen LogP contribution in [0.4, 0.5) is 0 Å². The highest BCUT2D eigenvalue weighted by Crippen LogP contribution is 2.38. The second kappa shape index (κ2) is 5.97. The molecule has 0 amide bonds. The minimum Gasteiger partial charge on any atom is -0.456 e. The van der Waals surface area contributed by atoms with Gasteiger partial charge in [-0.15, -0.1) is 0 Å². The van der Waals surface area contributed by atoms with Crippen molar-refractivity contribution in [2.75, 3.05) is 0 Å². The molecular formula is C24H23BO3. The second-order valence-electron chi connectivity index (χ2n) is 8.49. The summed E-state index contributed by atoms with van der Waals surface area (Å²) in [5, 5.41) is 2.15. The maximum atomic E-state index is 6.33. The van der Waals surface area contributed by atoms with Crippen molar-refractivity contribution in [3.8, 4) is 11.1 Å². The predicted molar refractivity (Wildman–Crippen MR) is 115 cm³/mol. The first-order valence-electron chi connectivity index (χ1n) is 9.72. The van der Waals surface area contributed by atoms with Gasteiger partial charge in [0.2, 0.25) is 0 Å². The topological polar surface area (TPSA) is 31.6 Å². The van der Waals surface area contributed by atoms with Crippen LogP contribution in [0.15, 0.2) is 71.1 Å². The summed E-state index contributed by atoms with van der Waals surface area (Å²) in [5.41, 5.74) is 4.33. The van der Waals surface area contributed by atoms with Crippen molar-refractivity contribution >= 4 is 34.5 Å². The van der Waals surface area contributed by atoms with Gasteiger partial charge in [-0.2, -0.15) is 0 Å². The van der Waals surface area contributed by atoms with E-state index in [-0.39, 0.29) is 11.2 Å². The van der Waals surface area contributed by atoms with E-state index in [0.29, 0.717) is 0 Å². The summed E-state index contributed by atoms with van der Waals surface area (Å²) in [4.78, 5) is 0. The first kappa shape index (κ1) is 17.5. The van der Waals surface area contributed by atoms with Crippen LogP contribution in [-0.4, -0.2) is 18.3 Å². The van der Waals surface area contributed by atoms with E-state index in [4.69, 9.17) is 13.7 Å². The molecule has 5 rings (SSSR count). The largest absolute Gasteiger partial charge is 0.495 e. The molecule has 1 aliphatic heterocycles. The second-order valence-corrected chi connectivity index (χ2v) is 8.49. The number of hydrogen-bond donors (Lipinski definition) is 0. The highest BCUT2D eigenvalue weighted by molar-refractivity contribution is 6.66. The summed E-state index contributed by atoms with van der Waals surface area (Å²) in [6, 6.07) is 22.8. The van der Waals surface area contributed by atoms with Crippen molar-refractivity contribution in [2.24, 2.45) is 0 Å². The normalized spacial score (nSPS) is 18.2. The SMILES string of the molecule is CC1(C)OB(c2cccc3oc4ccc(-c5ccccc5)cc4c23)OC1(C)C. The Labute approximate surface area is 165 Å².